The van der Waals surface area contributed by atoms with Crippen LogP contribution in [0.3, 0.4) is 0 Å². The number of benzene rings is 1. The molecule has 3 rings (SSSR count). The molecule has 1 aromatic carbocycles. The first kappa shape index (κ1) is 18.5. The molecule has 0 atom stereocenters. The zero-order valence-corrected chi connectivity index (χ0v) is 17.1. The first-order valence-corrected chi connectivity index (χ1v) is 10.1. The fraction of sp³-hybridized carbons (Fsp3) is 0.316. The molecule has 0 saturated carbocycles. The Labute approximate surface area is 162 Å². The summed E-state index contributed by atoms with van der Waals surface area (Å²) in [5.74, 6) is 0.768. The summed E-state index contributed by atoms with van der Waals surface area (Å²) in [7, 11) is 1.78. The maximum atomic E-state index is 4.70. The number of guanidine groups is 1. The predicted octanol–water partition coefficient (Wildman–Crippen LogP) is 4.06. The minimum Gasteiger partial charge on any atom is -0.351 e. The molecular weight excluding hydrogens is 362 g/mol. The molecular formula is C19H23N5S2. The number of hydrogen-bond donors (Lipinski definition) is 2. The lowest BCUT2D eigenvalue weighted by atomic mass is 10.2. The number of aliphatic imine (C=N–C) groups is 1. The molecule has 0 aliphatic heterocycles. The van der Waals surface area contributed by atoms with Gasteiger partial charge in [-0.2, -0.15) is 0 Å². The molecule has 7 heteroatoms. The van der Waals surface area contributed by atoms with Gasteiger partial charge in [0.2, 0.25) is 0 Å². The monoisotopic (exact) mass is 385 g/mol. The summed E-state index contributed by atoms with van der Waals surface area (Å²) in [6, 6.07) is 10.3. The second kappa shape index (κ2) is 8.42. The maximum absolute atomic E-state index is 4.70. The summed E-state index contributed by atoms with van der Waals surface area (Å²) >= 11 is 3.44. The molecule has 136 valence electrons. The van der Waals surface area contributed by atoms with Crippen molar-refractivity contribution in [3.8, 4) is 10.6 Å². The van der Waals surface area contributed by atoms with Crippen LogP contribution >= 0.6 is 22.7 Å². The molecule has 0 fully saturated rings. The second-order valence-electron chi connectivity index (χ2n) is 5.92. The van der Waals surface area contributed by atoms with Crippen LogP contribution in [0.25, 0.3) is 10.6 Å². The zero-order chi connectivity index (χ0) is 18.5. The average molecular weight is 386 g/mol. The average Bonchev–Trinajstić information content (AvgIpc) is 3.18. The molecule has 0 saturated heterocycles. The third-order valence-electron chi connectivity index (χ3n) is 4.03. The first-order chi connectivity index (χ1) is 12.6. The van der Waals surface area contributed by atoms with Crippen LogP contribution in [0.4, 0.5) is 0 Å². The SMILES string of the molecule is CN=C(NCc1nc(C)c(C)s1)NCc1sc(-c2ccccc2)nc1C. The largest absolute Gasteiger partial charge is 0.351 e. The van der Waals surface area contributed by atoms with E-state index < -0.39 is 0 Å². The van der Waals surface area contributed by atoms with Crippen LogP contribution in [0.1, 0.15) is 26.1 Å². The van der Waals surface area contributed by atoms with Crippen LogP contribution in [0, 0.1) is 20.8 Å². The van der Waals surface area contributed by atoms with Crippen molar-refractivity contribution in [3.05, 3.63) is 56.5 Å². The van der Waals surface area contributed by atoms with E-state index in [0.717, 1.165) is 32.9 Å². The van der Waals surface area contributed by atoms with Crippen molar-refractivity contribution in [1.29, 1.82) is 0 Å². The Morgan fingerprint density at radius 2 is 1.69 bits per heavy atom. The van der Waals surface area contributed by atoms with Crippen LogP contribution in [0.2, 0.25) is 0 Å². The van der Waals surface area contributed by atoms with E-state index in [9.17, 15) is 0 Å². The van der Waals surface area contributed by atoms with Gasteiger partial charge in [-0.3, -0.25) is 4.99 Å². The highest BCUT2D eigenvalue weighted by molar-refractivity contribution is 7.15. The van der Waals surface area contributed by atoms with E-state index in [4.69, 9.17) is 4.98 Å². The number of nitrogens with one attached hydrogen (secondary N) is 2. The van der Waals surface area contributed by atoms with Gasteiger partial charge in [-0.15, -0.1) is 22.7 Å². The summed E-state index contributed by atoms with van der Waals surface area (Å²) in [4.78, 5) is 16.0. The molecule has 0 aliphatic carbocycles. The van der Waals surface area contributed by atoms with Crippen molar-refractivity contribution in [3.63, 3.8) is 0 Å². The minimum absolute atomic E-state index is 0.677. The first-order valence-electron chi connectivity index (χ1n) is 8.46. The Kier molecular flexibility index (Phi) is 6.00. The number of hydrogen-bond acceptors (Lipinski definition) is 5. The molecule has 26 heavy (non-hydrogen) atoms. The second-order valence-corrected chi connectivity index (χ2v) is 8.29. The van der Waals surface area contributed by atoms with Crippen LogP contribution in [-0.2, 0) is 13.1 Å². The van der Waals surface area contributed by atoms with Crippen LogP contribution in [-0.4, -0.2) is 23.0 Å². The van der Waals surface area contributed by atoms with Gasteiger partial charge in [-0.1, -0.05) is 30.3 Å². The predicted molar refractivity (Wildman–Crippen MR) is 111 cm³/mol. The molecule has 2 heterocycles. The topological polar surface area (TPSA) is 62.2 Å². The molecule has 2 N–H and O–H groups in total. The van der Waals surface area contributed by atoms with Gasteiger partial charge in [0.05, 0.1) is 24.5 Å². The summed E-state index contributed by atoms with van der Waals surface area (Å²) in [5, 5.41) is 8.82. The smallest absolute Gasteiger partial charge is 0.191 e. The van der Waals surface area contributed by atoms with E-state index in [0.29, 0.717) is 13.1 Å². The van der Waals surface area contributed by atoms with Gasteiger partial charge < -0.3 is 10.6 Å². The van der Waals surface area contributed by atoms with E-state index in [-0.39, 0.29) is 0 Å². The highest BCUT2D eigenvalue weighted by Gasteiger charge is 2.10. The molecule has 0 aliphatic rings. The Hall–Kier alpha value is -2.25. The Morgan fingerprint density at radius 3 is 2.35 bits per heavy atom. The van der Waals surface area contributed by atoms with Gasteiger partial charge in [0.1, 0.15) is 10.0 Å². The van der Waals surface area contributed by atoms with E-state index in [1.54, 1.807) is 29.7 Å². The lowest BCUT2D eigenvalue weighted by Gasteiger charge is -2.10. The van der Waals surface area contributed by atoms with Gasteiger partial charge in [0.15, 0.2) is 5.96 Å². The molecule has 5 nitrogen and oxygen atoms in total. The number of nitrogens with zero attached hydrogens (tertiary/aromatic N) is 3. The number of thiazole rings is 2. The van der Waals surface area contributed by atoms with Crippen molar-refractivity contribution in [2.75, 3.05) is 7.05 Å². The van der Waals surface area contributed by atoms with Crippen LogP contribution in [0.15, 0.2) is 35.3 Å². The van der Waals surface area contributed by atoms with Gasteiger partial charge >= 0.3 is 0 Å². The standard InChI is InChI=1S/C19H23N5S2/c1-12-14(3)25-17(23-12)11-22-19(20-4)21-10-16-13(2)24-18(26-16)15-8-6-5-7-9-15/h5-9H,10-11H2,1-4H3,(H2,20,21,22). The van der Waals surface area contributed by atoms with Crippen LogP contribution in [0.5, 0.6) is 0 Å². The normalized spacial score (nSPS) is 11.6. The van der Waals surface area contributed by atoms with Crippen molar-refractivity contribution < 1.29 is 0 Å². The fourth-order valence-corrected chi connectivity index (χ4v) is 4.34. The molecule has 0 bridgehead atoms. The van der Waals surface area contributed by atoms with Gasteiger partial charge in [0.25, 0.3) is 0 Å². The summed E-state index contributed by atoms with van der Waals surface area (Å²) in [5.41, 5.74) is 3.32. The quantitative estimate of drug-likeness (QED) is 0.514. The van der Waals surface area contributed by atoms with E-state index in [1.807, 2.05) is 25.1 Å². The molecule has 3 aromatic rings. The van der Waals surface area contributed by atoms with Crippen LogP contribution < -0.4 is 10.6 Å². The fourth-order valence-electron chi connectivity index (χ4n) is 2.45. The highest BCUT2D eigenvalue weighted by atomic mass is 32.1. The third-order valence-corrected chi connectivity index (χ3v) is 6.31. The summed E-state index contributed by atoms with van der Waals surface area (Å²) < 4.78 is 0. The summed E-state index contributed by atoms with van der Waals surface area (Å²) in [6.45, 7) is 7.57. The number of aromatic nitrogens is 2. The van der Waals surface area contributed by atoms with Crippen molar-refractivity contribution in [1.82, 2.24) is 20.6 Å². The molecule has 2 aromatic heterocycles. The Balaban J connectivity index is 1.59. The molecule has 0 spiro atoms. The third kappa shape index (κ3) is 4.47. The van der Waals surface area contributed by atoms with Crippen molar-refractivity contribution in [2.24, 2.45) is 4.99 Å². The highest BCUT2D eigenvalue weighted by Crippen LogP contribution is 2.27. The zero-order valence-electron chi connectivity index (χ0n) is 15.5. The minimum atomic E-state index is 0.677. The van der Waals surface area contributed by atoms with E-state index in [1.165, 1.54) is 9.75 Å². The number of rotatable bonds is 5. The van der Waals surface area contributed by atoms with Crippen molar-refractivity contribution >= 4 is 28.6 Å². The Morgan fingerprint density at radius 1 is 0.962 bits per heavy atom. The molecule has 0 amide bonds. The summed E-state index contributed by atoms with van der Waals surface area (Å²) in [6.07, 6.45) is 0. The number of aryl methyl sites for hydroxylation is 3. The maximum Gasteiger partial charge on any atom is 0.191 e. The van der Waals surface area contributed by atoms with E-state index >= 15 is 0 Å². The lowest BCUT2D eigenvalue weighted by Crippen LogP contribution is -2.36. The van der Waals surface area contributed by atoms with Crippen molar-refractivity contribution in [2.45, 2.75) is 33.9 Å². The lowest BCUT2D eigenvalue weighted by molar-refractivity contribution is 0.806. The Bertz CT molecular complexity index is 877. The van der Waals surface area contributed by atoms with Gasteiger partial charge in [-0.05, 0) is 20.8 Å². The van der Waals surface area contributed by atoms with Gasteiger partial charge in [-0.25, -0.2) is 9.97 Å². The van der Waals surface area contributed by atoms with Gasteiger partial charge in [0, 0.05) is 22.4 Å². The van der Waals surface area contributed by atoms with E-state index in [2.05, 4.69) is 46.6 Å². The molecule has 0 unspecified atom stereocenters. The molecule has 0 radical (unpaired) electrons.